The van der Waals surface area contributed by atoms with E-state index >= 15 is 0 Å². The van der Waals surface area contributed by atoms with Gasteiger partial charge in [0.1, 0.15) is 11.5 Å². The Morgan fingerprint density at radius 2 is 1.62 bits per heavy atom. The third-order valence-electron chi connectivity index (χ3n) is 1.85. The van der Waals surface area contributed by atoms with Crippen LogP contribution >= 0.6 is 0 Å². The molecule has 0 aliphatic rings. The lowest BCUT2D eigenvalue weighted by Gasteiger charge is -2.12. The average Bonchev–Trinajstić information content (AvgIpc) is 2.16. The van der Waals surface area contributed by atoms with E-state index in [9.17, 15) is 0 Å². The Balaban J connectivity index is 3.29. The van der Waals surface area contributed by atoms with Gasteiger partial charge in [0.25, 0.3) is 0 Å². The van der Waals surface area contributed by atoms with Gasteiger partial charge in [0.2, 0.25) is 0 Å². The van der Waals surface area contributed by atoms with Crippen LogP contribution in [-0.4, -0.2) is 14.2 Å². The molecule has 0 atom stereocenters. The van der Waals surface area contributed by atoms with Gasteiger partial charge in [-0.05, 0) is 24.6 Å². The minimum atomic E-state index is 0.798. The Labute approximate surface area is 78.8 Å². The van der Waals surface area contributed by atoms with E-state index in [2.05, 4.69) is 6.58 Å². The first-order valence-electron chi connectivity index (χ1n) is 4.07. The second-order valence-corrected chi connectivity index (χ2v) is 2.82. The highest BCUT2D eigenvalue weighted by molar-refractivity contribution is 5.72. The van der Waals surface area contributed by atoms with Crippen LogP contribution in [-0.2, 0) is 0 Å². The van der Waals surface area contributed by atoms with Gasteiger partial charge in [-0.3, -0.25) is 0 Å². The topological polar surface area (TPSA) is 18.5 Å². The zero-order chi connectivity index (χ0) is 9.84. The van der Waals surface area contributed by atoms with Crippen LogP contribution in [0.3, 0.4) is 0 Å². The number of methoxy groups -OCH3 is 2. The molecule has 0 amide bonds. The molecule has 0 N–H and O–H groups in total. The lowest BCUT2D eigenvalue weighted by atomic mass is 10.1. The molecular formula is C11H14O2. The van der Waals surface area contributed by atoms with Gasteiger partial charge >= 0.3 is 0 Å². The molecule has 1 rings (SSSR count). The normalized spacial score (nSPS) is 9.46. The molecule has 1 aromatic rings. The van der Waals surface area contributed by atoms with E-state index in [1.165, 1.54) is 0 Å². The van der Waals surface area contributed by atoms with Crippen molar-refractivity contribution in [2.24, 2.45) is 0 Å². The van der Waals surface area contributed by atoms with Crippen LogP contribution in [0.5, 0.6) is 11.5 Å². The van der Waals surface area contributed by atoms with Crippen molar-refractivity contribution in [3.05, 3.63) is 30.3 Å². The van der Waals surface area contributed by atoms with E-state index < -0.39 is 0 Å². The van der Waals surface area contributed by atoms with Gasteiger partial charge in [-0.25, -0.2) is 0 Å². The summed E-state index contributed by atoms with van der Waals surface area (Å²) in [5.74, 6) is 1.60. The fourth-order valence-corrected chi connectivity index (χ4v) is 1.27. The first-order valence-corrected chi connectivity index (χ1v) is 4.07. The van der Waals surface area contributed by atoms with Crippen molar-refractivity contribution >= 4 is 5.57 Å². The summed E-state index contributed by atoms with van der Waals surface area (Å²) in [5.41, 5.74) is 1.88. The molecule has 0 aliphatic heterocycles. The second kappa shape index (κ2) is 3.99. The predicted molar refractivity (Wildman–Crippen MR) is 54.3 cm³/mol. The Morgan fingerprint density at radius 1 is 1.15 bits per heavy atom. The average molecular weight is 178 g/mol. The van der Waals surface area contributed by atoms with E-state index in [0.29, 0.717) is 0 Å². The van der Waals surface area contributed by atoms with Crippen LogP contribution in [0.25, 0.3) is 5.57 Å². The molecule has 0 aliphatic carbocycles. The van der Waals surface area contributed by atoms with Crippen molar-refractivity contribution in [1.29, 1.82) is 0 Å². The molecule has 0 unspecified atom stereocenters. The number of benzene rings is 1. The first-order chi connectivity index (χ1) is 6.20. The molecule has 1 aromatic carbocycles. The summed E-state index contributed by atoms with van der Waals surface area (Å²) in [5, 5.41) is 0. The molecule has 13 heavy (non-hydrogen) atoms. The number of rotatable bonds is 3. The maximum Gasteiger partial charge on any atom is 0.130 e. The number of ether oxygens (including phenoxy) is 2. The zero-order valence-electron chi connectivity index (χ0n) is 8.26. The maximum atomic E-state index is 5.21. The SMILES string of the molecule is C=C(C)c1c(OC)cccc1OC. The third kappa shape index (κ3) is 1.83. The summed E-state index contributed by atoms with van der Waals surface area (Å²) in [6, 6.07) is 5.68. The molecule has 0 aromatic heterocycles. The van der Waals surface area contributed by atoms with Crippen molar-refractivity contribution < 1.29 is 9.47 Å². The van der Waals surface area contributed by atoms with E-state index in [4.69, 9.17) is 9.47 Å². The van der Waals surface area contributed by atoms with Crippen molar-refractivity contribution in [1.82, 2.24) is 0 Å². The van der Waals surface area contributed by atoms with Crippen molar-refractivity contribution in [3.63, 3.8) is 0 Å². The van der Waals surface area contributed by atoms with Crippen LogP contribution < -0.4 is 9.47 Å². The van der Waals surface area contributed by atoms with Crippen LogP contribution in [0.15, 0.2) is 24.8 Å². The highest BCUT2D eigenvalue weighted by Gasteiger charge is 2.09. The molecule has 2 heteroatoms. The highest BCUT2D eigenvalue weighted by atomic mass is 16.5. The summed E-state index contributed by atoms with van der Waals surface area (Å²) < 4.78 is 10.4. The summed E-state index contributed by atoms with van der Waals surface area (Å²) in [6.45, 7) is 5.81. The monoisotopic (exact) mass is 178 g/mol. The lowest BCUT2D eigenvalue weighted by Crippen LogP contribution is -1.93. The molecule has 0 bridgehead atoms. The largest absolute Gasteiger partial charge is 0.496 e. The maximum absolute atomic E-state index is 5.21. The van der Waals surface area contributed by atoms with Crippen molar-refractivity contribution in [2.75, 3.05) is 14.2 Å². The third-order valence-corrected chi connectivity index (χ3v) is 1.85. The van der Waals surface area contributed by atoms with Crippen LogP contribution in [0.1, 0.15) is 12.5 Å². The summed E-state index contributed by atoms with van der Waals surface area (Å²) in [7, 11) is 3.28. The molecule has 0 heterocycles. The van der Waals surface area contributed by atoms with Gasteiger partial charge in [0.05, 0.1) is 19.8 Å². The lowest BCUT2D eigenvalue weighted by molar-refractivity contribution is 0.392. The van der Waals surface area contributed by atoms with E-state index in [0.717, 1.165) is 22.6 Å². The Morgan fingerprint density at radius 3 is 1.92 bits per heavy atom. The van der Waals surface area contributed by atoms with Crippen LogP contribution in [0.4, 0.5) is 0 Å². The Bertz CT molecular complexity index is 294. The fourth-order valence-electron chi connectivity index (χ4n) is 1.27. The number of hydrogen-bond donors (Lipinski definition) is 0. The molecular weight excluding hydrogens is 164 g/mol. The smallest absolute Gasteiger partial charge is 0.130 e. The van der Waals surface area contributed by atoms with Gasteiger partial charge in [0, 0.05) is 0 Å². The summed E-state index contributed by atoms with van der Waals surface area (Å²) >= 11 is 0. The quantitative estimate of drug-likeness (QED) is 0.708. The Hall–Kier alpha value is -1.44. The van der Waals surface area contributed by atoms with Gasteiger partial charge in [0.15, 0.2) is 0 Å². The molecule has 0 fully saturated rings. The molecule has 2 nitrogen and oxygen atoms in total. The minimum absolute atomic E-state index is 0.798. The van der Waals surface area contributed by atoms with E-state index in [1.807, 2.05) is 25.1 Å². The second-order valence-electron chi connectivity index (χ2n) is 2.82. The van der Waals surface area contributed by atoms with Gasteiger partial charge in [-0.1, -0.05) is 12.6 Å². The summed E-state index contributed by atoms with van der Waals surface area (Å²) in [6.07, 6.45) is 0. The summed E-state index contributed by atoms with van der Waals surface area (Å²) in [4.78, 5) is 0. The molecule has 70 valence electrons. The zero-order valence-corrected chi connectivity index (χ0v) is 8.26. The van der Waals surface area contributed by atoms with Crippen molar-refractivity contribution in [3.8, 4) is 11.5 Å². The van der Waals surface area contributed by atoms with Crippen LogP contribution in [0, 0.1) is 0 Å². The first kappa shape index (κ1) is 9.65. The van der Waals surface area contributed by atoms with Crippen molar-refractivity contribution in [2.45, 2.75) is 6.92 Å². The van der Waals surface area contributed by atoms with Gasteiger partial charge in [-0.2, -0.15) is 0 Å². The molecule has 0 radical (unpaired) electrons. The van der Waals surface area contributed by atoms with Crippen LogP contribution in [0.2, 0.25) is 0 Å². The van der Waals surface area contributed by atoms with Gasteiger partial charge in [-0.15, -0.1) is 0 Å². The molecule has 0 saturated carbocycles. The number of allylic oxidation sites excluding steroid dienone is 1. The standard InChI is InChI=1S/C11H14O2/c1-8(2)11-9(12-3)6-5-7-10(11)13-4/h5-7H,1H2,2-4H3. The minimum Gasteiger partial charge on any atom is -0.496 e. The van der Waals surface area contributed by atoms with Gasteiger partial charge < -0.3 is 9.47 Å². The Kier molecular flexibility index (Phi) is 2.96. The highest BCUT2D eigenvalue weighted by Crippen LogP contribution is 2.33. The van der Waals surface area contributed by atoms with E-state index in [-0.39, 0.29) is 0 Å². The number of hydrogen-bond acceptors (Lipinski definition) is 2. The van der Waals surface area contributed by atoms with E-state index in [1.54, 1.807) is 14.2 Å². The predicted octanol–water partition coefficient (Wildman–Crippen LogP) is 2.74. The molecule has 0 saturated heterocycles. The fraction of sp³-hybridized carbons (Fsp3) is 0.273. The molecule has 0 spiro atoms.